The van der Waals surface area contributed by atoms with E-state index >= 15 is 0 Å². The van der Waals surface area contributed by atoms with Crippen molar-refractivity contribution in [2.75, 3.05) is 0 Å². The summed E-state index contributed by atoms with van der Waals surface area (Å²) in [4.78, 5) is 27.6. The first kappa shape index (κ1) is 12.3. The Morgan fingerprint density at radius 2 is 2.22 bits per heavy atom. The van der Waals surface area contributed by atoms with Gasteiger partial charge in [-0.3, -0.25) is 14.6 Å². The maximum atomic E-state index is 12.2. The molecule has 18 heavy (non-hydrogen) atoms. The van der Waals surface area contributed by atoms with E-state index in [-0.39, 0.29) is 17.0 Å². The molecule has 0 aliphatic rings. The number of nitrogens with zero attached hydrogens (tertiary/aromatic N) is 2. The quantitative estimate of drug-likeness (QED) is 0.881. The zero-order valence-corrected chi connectivity index (χ0v) is 10.4. The van der Waals surface area contributed by atoms with Crippen molar-refractivity contribution in [3.63, 3.8) is 0 Å². The summed E-state index contributed by atoms with van der Waals surface area (Å²) in [5.41, 5.74) is 6.19. The summed E-state index contributed by atoms with van der Waals surface area (Å²) in [5.74, 6) is -0.431. The van der Waals surface area contributed by atoms with Gasteiger partial charge in [0, 0.05) is 12.7 Å². The largest absolute Gasteiger partial charge is 0.365 e. The van der Waals surface area contributed by atoms with Crippen LogP contribution < -0.4 is 11.3 Å². The average molecular weight is 245 g/mol. The van der Waals surface area contributed by atoms with Crippen LogP contribution in [0.3, 0.4) is 0 Å². The average Bonchev–Trinajstić information content (AvgIpc) is 2.31. The van der Waals surface area contributed by atoms with E-state index in [2.05, 4.69) is 4.98 Å². The lowest BCUT2D eigenvalue weighted by molar-refractivity contribution is 0.0998. The van der Waals surface area contributed by atoms with Crippen LogP contribution in [0, 0.1) is 5.92 Å². The van der Waals surface area contributed by atoms with Crippen LogP contribution in [0.5, 0.6) is 0 Å². The fourth-order valence-corrected chi connectivity index (χ4v) is 1.92. The molecule has 0 atom stereocenters. The van der Waals surface area contributed by atoms with E-state index in [1.165, 1.54) is 6.07 Å². The van der Waals surface area contributed by atoms with Gasteiger partial charge in [-0.2, -0.15) is 0 Å². The zero-order valence-electron chi connectivity index (χ0n) is 10.4. The lowest BCUT2D eigenvalue weighted by Crippen LogP contribution is -2.31. The summed E-state index contributed by atoms with van der Waals surface area (Å²) in [6.45, 7) is 4.54. The maximum absolute atomic E-state index is 12.2. The van der Waals surface area contributed by atoms with Gasteiger partial charge in [0.05, 0.1) is 11.0 Å². The fraction of sp³-hybridized carbons (Fsp3) is 0.308. The van der Waals surface area contributed by atoms with E-state index in [0.29, 0.717) is 12.1 Å². The van der Waals surface area contributed by atoms with Crippen LogP contribution in [0.4, 0.5) is 0 Å². The smallest absolute Gasteiger partial charge is 0.264 e. The summed E-state index contributed by atoms with van der Waals surface area (Å²) < 4.78 is 1.56. The summed E-state index contributed by atoms with van der Waals surface area (Å²) in [5, 5.41) is 0. The van der Waals surface area contributed by atoms with Crippen molar-refractivity contribution < 1.29 is 4.79 Å². The first-order valence-corrected chi connectivity index (χ1v) is 5.79. The first-order valence-electron chi connectivity index (χ1n) is 5.79. The Balaban J connectivity index is 2.81. The molecule has 2 aromatic heterocycles. The van der Waals surface area contributed by atoms with Gasteiger partial charge in [-0.15, -0.1) is 0 Å². The van der Waals surface area contributed by atoms with Crippen LogP contribution in [0.25, 0.3) is 11.0 Å². The zero-order chi connectivity index (χ0) is 13.3. The van der Waals surface area contributed by atoms with Crippen LogP contribution in [-0.4, -0.2) is 15.5 Å². The van der Waals surface area contributed by atoms with E-state index in [1.54, 1.807) is 16.8 Å². The molecule has 2 heterocycles. The van der Waals surface area contributed by atoms with Crippen molar-refractivity contribution in [3.8, 4) is 0 Å². The number of aromatic nitrogens is 2. The van der Waals surface area contributed by atoms with Gasteiger partial charge >= 0.3 is 0 Å². The highest BCUT2D eigenvalue weighted by molar-refractivity contribution is 5.95. The predicted octanol–water partition coefficient (Wildman–Crippen LogP) is 1.15. The predicted molar refractivity (Wildman–Crippen MR) is 69.4 cm³/mol. The van der Waals surface area contributed by atoms with Gasteiger partial charge in [0.1, 0.15) is 5.56 Å². The molecular formula is C13H15N3O2. The van der Waals surface area contributed by atoms with E-state index in [9.17, 15) is 9.59 Å². The third-order valence-electron chi connectivity index (χ3n) is 2.68. The third kappa shape index (κ3) is 2.11. The van der Waals surface area contributed by atoms with Crippen molar-refractivity contribution in [3.05, 3.63) is 40.3 Å². The SMILES string of the molecule is CC(C)Cn1c(=O)c(C(N)=O)cc2ncccc21. The van der Waals surface area contributed by atoms with Gasteiger partial charge in [-0.05, 0) is 24.1 Å². The number of carbonyl (C=O) groups is 1. The standard InChI is InChI=1S/C13H15N3O2/c1-8(2)7-16-11-4-3-5-15-10(11)6-9(12(14)17)13(16)18/h3-6,8H,7H2,1-2H3,(H2,14,17). The first-order chi connectivity index (χ1) is 8.50. The minimum Gasteiger partial charge on any atom is -0.365 e. The molecule has 0 aliphatic heterocycles. The highest BCUT2D eigenvalue weighted by atomic mass is 16.2. The van der Waals surface area contributed by atoms with Gasteiger partial charge in [-0.1, -0.05) is 13.8 Å². The molecule has 94 valence electrons. The number of pyridine rings is 2. The summed E-state index contributed by atoms with van der Waals surface area (Å²) in [7, 11) is 0. The van der Waals surface area contributed by atoms with Crippen LogP contribution in [0.15, 0.2) is 29.2 Å². The van der Waals surface area contributed by atoms with E-state index in [1.807, 2.05) is 19.9 Å². The molecule has 0 bridgehead atoms. The van der Waals surface area contributed by atoms with Gasteiger partial charge in [0.2, 0.25) is 0 Å². The molecule has 0 spiro atoms. The van der Waals surface area contributed by atoms with Gasteiger partial charge in [0.15, 0.2) is 0 Å². The maximum Gasteiger partial charge on any atom is 0.264 e. The molecule has 0 aliphatic carbocycles. The number of fused-ring (bicyclic) bond motifs is 1. The Morgan fingerprint density at radius 1 is 1.50 bits per heavy atom. The number of hydrogen-bond donors (Lipinski definition) is 1. The van der Waals surface area contributed by atoms with Crippen molar-refractivity contribution in [1.29, 1.82) is 0 Å². The number of carbonyl (C=O) groups excluding carboxylic acids is 1. The van der Waals surface area contributed by atoms with E-state index < -0.39 is 5.91 Å². The molecule has 0 aromatic carbocycles. The molecule has 0 unspecified atom stereocenters. The van der Waals surface area contributed by atoms with Crippen molar-refractivity contribution in [2.45, 2.75) is 20.4 Å². The molecule has 0 radical (unpaired) electrons. The second-order valence-corrected chi connectivity index (χ2v) is 4.64. The lowest BCUT2D eigenvalue weighted by Gasteiger charge is -2.13. The summed E-state index contributed by atoms with van der Waals surface area (Å²) in [6.07, 6.45) is 1.62. The lowest BCUT2D eigenvalue weighted by atomic mass is 10.1. The number of primary amides is 1. The van der Waals surface area contributed by atoms with E-state index in [4.69, 9.17) is 5.73 Å². The van der Waals surface area contributed by atoms with Crippen LogP contribution >= 0.6 is 0 Å². The molecule has 2 rings (SSSR count). The summed E-state index contributed by atoms with van der Waals surface area (Å²) in [6, 6.07) is 5.04. The normalized spacial score (nSPS) is 11.1. The Morgan fingerprint density at radius 3 is 2.83 bits per heavy atom. The van der Waals surface area contributed by atoms with Gasteiger partial charge < -0.3 is 10.3 Å². The topological polar surface area (TPSA) is 78.0 Å². The Bertz CT molecular complexity index is 659. The number of amides is 1. The number of nitrogens with two attached hydrogens (primary N) is 1. The van der Waals surface area contributed by atoms with Crippen LogP contribution in [-0.2, 0) is 6.54 Å². The fourth-order valence-electron chi connectivity index (χ4n) is 1.92. The summed E-state index contributed by atoms with van der Waals surface area (Å²) >= 11 is 0. The van der Waals surface area contributed by atoms with Crippen molar-refractivity contribution >= 4 is 16.9 Å². The van der Waals surface area contributed by atoms with Crippen LogP contribution in [0.1, 0.15) is 24.2 Å². The molecule has 5 heteroatoms. The van der Waals surface area contributed by atoms with Crippen LogP contribution in [0.2, 0.25) is 0 Å². The molecular weight excluding hydrogens is 230 g/mol. The molecule has 0 fully saturated rings. The van der Waals surface area contributed by atoms with Gasteiger partial charge in [0.25, 0.3) is 11.5 Å². The molecule has 0 saturated heterocycles. The number of rotatable bonds is 3. The molecule has 2 aromatic rings. The second-order valence-electron chi connectivity index (χ2n) is 4.64. The second kappa shape index (κ2) is 4.60. The highest BCUT2D eigenvalue weighted by Gasteiger charge is 2.14. The third-order valence-corrected chi connectivity index (χ3v) is 2.68. The molecule has 0 saturated carbocycles. The Kier molecular flexibility index (Phi) is 3.14. The Hall–Kier alpha value is -2.17. The van der Waals surface area contributed by atoms with Crippen molar-refractivity contribution in [2.24, 2.45) is 11.7 Å². The molecule has 5 nitrogen and oxygen atoms in total. The molecule has 2 N–H and O–H groups in total. The highest BCUT2D eigenvalue weighted by Crippen LogP contribution is 2.12. The monoisotopic (exact) mass is 245 g/mol. The van der Waals surface area contributed by atoms with Crippen molar-refractivity contribution in [1.82, 2.24) is 9.55 Å². The molecule has 1 amide bonds. The van der Waals surface area contributed by atoms with E-state index in [0.717, 1.165) is 5.52 Å². The minimum atomic E-state index is -0.718. The number of hydrogen-bond acceptors (Lipinski definition) is 3. The van der Waals surface area contributed by atoms with Gasteiger partial charge in [-0.25, -0.2) is 0 Å². The minimum absolute atomic E-state index is 0.0122. The Labute approximate surface area is 104 Å².